The second-order valence-electron chi connectivity index (χ2n) is 7.35. The van der Waals surface area contributed by atoms with Crippen LogP contribution in [-0.4, -0.2) is 37.5 Å². The summed E-state index contributed by atoms with van der Waals surface area (Å²) in [7, 11) is 2.12. The van der Waals surface area contributed by atoms with Gasteiger partial charge in [-0.05, 0) is 43.5 Å². The smallest absolute Gasteiger partial charge is 0.227 e. The van der Waals surface area contributed by atoms with Crippen molar-refractivity contribution in [3.8, 4) is 0 Å². The normalized spacial score (nSPS) is 21.6. The summed E-state index contributed by atoms with van der Waals surface area (Å²) in [6.45, 7) is 3.22. The zero-order valence-electron chi connectivity index (χ0n) is 14.3. The maximum atomic E-state index is 13.1. The van der Waals surface area contributed by atoms with Crippen LogP contribution >= 0.6 is 0 Å². The Bertz CT molecular complexity index is 551. The van der Waals surface area contributed by atoms with Crippen molar-refractivity contribution in [3.63, 3.8) is 0 Å². The summed E-state index contributed by atoms with van der Waals surface area (Å²) in [5, 5.41) is 0. The number of carbonyl (C=O) groups is 1. The van der Waals surface area contributed by atoms with Gasteiger partial charge in [0.05, 0.1) is 0 Å². The first-order valence-corrected chi connectivity index (χ1v) is 8.90. The van der Waals surface area contributed by atoms with Crippen molar-refractivity contribution in [1.29, 1.82) is 0 Å². The Morgan fingerprint density at radius 3 is 2.65 bits per heavy atom. The minimum Gasteiger partial charge on any atom is -0.330 e. The van der Waals surface area contributed by atoms with Gasteiger partial charge in [0, 0.05) is 31.7 Å². The van der Waals surface area contributed by atoms with Crippen molar-refractivity contribution in [2.75, 3.05) is 31.6 Å². The van der Waals surface area contributed by atoms with Crippen LogP contribution in [0.2, 0.25) is 0 Å². The summed E-state index contributed by atoms with van der Waals surface area (Å²) < 4.78 is 0. The van der Waals surface area contributed by atoms with E-state index < -0.39 is 0 Å². The molecular weight excluding hydrogens is 286 g/mol. The highest BCUT2D eigenvalue weighted by atomic mass is 16.2. The van der Waals surface area contributed by atoms with Gasteiger partial charge in [0.2, 0.25) is 5.91 Å². The summed E-state index contributed by atoms with van der Waals surface area (Å²) in [6.07, 6.45) is 6.51. The molecule has 23 heavy (non-hydrogen) atoms. The maximum absolute atomic E-state index is 13.1. The van der Waals surface area contributed by atoms with E-state index in [1.165, 1.54) is 24.8 Å². The van der Waals surface area contributed by atoms with Crippen molar-refractivity contribution in [3.05, 3.63) is 29.8 Å². The molecule has 2 N–H and O–H groups in total. The molecule has 2 aliphatic rings. The highest BCUT2D eigenvalue weighted by Crippen LogP contribution is 2.39. The van der Waals surface area contributed by atoms with E-state index in [0.29, 0.717) is 13.0 Å². The van der Waals surface area contributed by atoms with Gasteiger partial charge in [-0.2, -0.15) is 0 Å². The first-order chi connectivity index (χ1) is 11.1. The molecule has 1 aromatic rings. The SMILES string of the molecule is CN1CCN(C(=O)CC2(CN)CCCCC2)c2ccccc2C1. The molecule has 0 unspecified atom stereocenters. The minimum atomic E-state index is 0.0302. The third-order valence-corrected chi connectivity index (χ3v) is 5.60. The number of carbonyl (C=O) groups excluding carboxylic acids is 1. The summed E-state index contributed by atoms with van der Waals surface area (Å²) in [6, 6.07) is 8.31. The van der Waals surface area contributed by atoms with E-state index in [-0.39, 0.29) is 11.3 Å². The minimum absolute atomic E-state index is 0.0302. The van der Waals surface area contributed by atoms with Gasteiger partial charge in [-0.1, -0.05) is 37.5 Å². The van der Waals surface area contributed by atoms with Crippen molar-refractivity contribution in [2.24, 2.45) is 11.1 Å². The quantitative estimate of drug-likeness (QED) is 0.933. The standard InChI is InChI=1S/C19H29N3O/c1-21-11-12-22(17-8-4-3-7-16(17)14-21)18(23)13-19(15-20)9-5-2-6-10-19/h3-4,7-8H,2,5-6,9-15,20H2,1H3. The number of para-hydroxylation sites is 1. The fourth-order valence-electron chi connectivity index (χ4n) is 4.10. The molecule has 1 saturated carbocycles. The van der Waals surface area contributed by atoms with Gasteiger partial charge >= 0.3 is 0 Å². The Balaban J connectivity index is 1.81. The fraction of sp³-hybridized carbons (Fsp3) is 0.632. The number of anilines is 1. The molecule has 1 aromatic carbocycles. The van der Waals surface area contributed by atoms with Gasteiger partial charge in [0.15, 0.2) is 0 Å². The average Bonchev–Trinajstić information content (AvgIpc) is 2.74. The second-order valence-corrected chi connectivity index (χ2v) is 7.35. The zero-order valence-corrected chi connectivity index (χ0v) is 14.3. The summed E-state index contributed by atoms with van der Waals surface area (Å²) in [5.74, 6) is 0.250. The molecule has 0 saturated heterocycles. The topological polar surface area (TPSA) is 49.6 Å². The van der Waals surface area contributed by atoms with Crippen LogP contribution in [0.1, 0.15) is 44.1 Å². The number of nitrogens with two attached hydrogens (primary N) is 1. The molecule has 0 spiro atoms. The lowest BCUT2D eigenvalue weighted by Crippen LogP contribution is -2.42. The van der Waals surface area contributed by atoms with Crippen LogP contribution in [0.15, 0.2) is 24.3 Å². The van der Waals surface area contributed by atoms with E-state index in [4.69, 9.17) is 5.73 Å². The number of amides is 1. The molecule has 1 fully saturated rings. The predicted molar refractivity (Wildman–Crippen MR) is 94.3 cm³/mol. The van der Waals surface area contributed by atoms with E-state index in [1.54, 1.807) is 0 Å². The summed E-state index contributed by atoms with van der Waals surface area (Å²) in [4.78, 5) is 17.4. The number of benzene rings is 1. The van der Waals surface area contributed by atoms with Gasteiger partial charge in [0.25, 0.3) is 0 Å². The predicted octanol–water partition coefficient (Wildman–Crippen LogP) is 2.76. The highest BCUT2D eigenvalue weighted by molar-refractivity contribution is 5.94. The molecule has 3 rings (SSSR count). The molecule has 1 aliphatic carbocycles. The lowest BCUT2D eigenvalue weighted by atomic mass is 9.71. The number of hydrogen-bond donors (Lipinski definition) is 1. The van der Waals surface area contributed by atoms with Crippen molar-refractivity contribution in [1.82, 2.24) is 4.90 Å². The van der Waals surface area contributed by atoms with E-state index in [1.807, 2.05) is 11.0 Å². The number of nitrogens with zero attached hydrogens (tertiary/aromatic N) is 2. The Morgan fingerprint density at radius 1 is 1.17 bits per heavy atom. The molecule has 126 valence electrons. The van der Waals surface area contributed by atoms with Gasteiger partial charge < -0.3 is 15.5 Å². The number of fused-ring (bicyclic) bond motifs is 1. The maximum Gasteiger partial charge on any atom is 0.227 e. The van der Waals surface area contributed by atoms with Crippen LogP contribution in [0.25, 0.3) is 0 Å². The van der Waals surface area contributed by atoms with Crippen LogP contribution in [0.4, 0.5) is 5.69 Å². The van der Waals surface area contributed by atoms with Crippen LogP contribution in [-0.2, 0) is 11.3 Å². The van der Waals surface area contributed by atoms with Gasteiger partial charge in [-0.25, -0.2) is 0 Å². The van der Waals surface area contributed by atoms with Crippen LogP contribution in [0.3, 0.4) is 0 Å². The molecule has 1 heterocycles. The highest BCUT2D eigenvalue weighted by Gasteiger charge is 2.35. The molecule has 0 bridgehead atoms. The number of likely N-dealkylation sites (N-methyl/N-ethyl adjacent to an activating group) is 1. The monoisotopic (exact) mass is 315 g/mol. The zero-order chi connectivity index (χ0) is 16.3. The van der Waals surface area contributed by atoms with Gasteiger partial charge in [-0.3, -0.25) is 4.79 Å². The molecular formula is C19H29N3O. The first-order valence-electron chi connectivity index (χ1n) is 8.90. The van der Waals surface area contributed by atoms with E-state index >= 15 is 0 Å². The third kappa shape index (κ3) is 3.59. The Labute approximate surface area is 139 Å². The molecule has 1 aliphatic heterocycles. The molecule has 4 nitrogen and oxygen atoms in total. The van der Waals surface area contributed by atoms with Crippen molar-refractivity contribution in [2.45, 2.75) is 45.1 Å². The van der Waals surface area contributed by atoms with Gasteiger partial charge in [0.1, 0.15) is 0 Å². The molecule has 0 aromatic heterocycles. The van der Waals surface area contributed by atoms with E-state index in [9.17, 15) is 4.79 Å². The van der Waals surface area contributed by atoms with Crippen LogP contribution in [0.5, 0.6) is 0 Å². The third-order valence-electron chi connectivity index (χ3n) is 5.60. The van der Waals surface area contributed by atoms with E-state index in [2.05, 4.69) is 30.1 Å². The van der Waals surface area contributed by atoms with Crippen LogP contribution in [0, 0.1) is 5.41 Å². The molecule has 1 amide bonds. The largest absolute Gasteiger partial charge is 0.330 e. The summed E-state index contributed by atoms with van der Waals surface area (Å²) in [5.41, 5.74) is 8.44. The van der Waals surface area contributed by atoms with Crippen molar-refractivity contribution < 1.29 is 4.79 Å². The average molecular weight is 315 g/mol. The Hall–Kier alpha value is -1.39. The lowest BCUT2D eigenvalue weighted by Gasteiger charge is -2.37. The molecule has 4 heteroatoms. The summed E-state index contributed by atoms with van der Waals surface area (Å²) >= 11 is 0. The van der Waals surface area contributed by atoms with Gasteiger partial charge in [-0.15, -0.1) is 0 Å². The first kappa shape index (κ1) is 16.5. The molecule has 0 atom stereocenters. The Kier molecular flexibility index (Phi) is 5.02. The number of rotatable bonds is 3. The Morgan fingerprint density at radius 2 is 1.91 bits per heavy atom. The molecule has 0 radical (unpaired) electrons. The number of hydrogen-bond acceptors (Lipinski definition) is 3. The van der Waals surface area contributed by atoms with E-state index in [0.717, 1.165) is 38.2 Å². The fourth-order valence-corrected chi connectivity index (χ4v) is 4.10. The van der Waals surface area contributed by atoms with Crippen molar-refractivity contribution >= 4 is 11.6 Å². The van der Waals surface area contributed by atoms with Crippen LogP contribution < -0.4 is 10.6 Å². The second kappa shape index (κ2) is 7.02. The lowest BCUT2D eigenvalue weighted by molar-refractivity contribution is -0.121.